The average Bonchev–Trinajstić information content (AvgIpc) is 2.76. The molecule has 0 atom stereocenters. The molecule has 1 rings (SSSR count). The van der Waals surface area contributed by atoms with Crippen LogP contribution in [-0.2, 0) is 9.59 Å². The summed E-state index contributed by atoms with van der Waals surface area (Å²) in [7, 11) is 0. The maximum Gasteiger partial charge on any atom is 0.463 e. The Morgan fingerprint density at radius 3 is 1.95 bits per heavy atom. The molecule has 1 saturated carbocycles. The number of carbonyl (C=O) groups is 2. The van der Waals surface area contributed by atoms with Gasteiger partial charge in [-0.25, -0.2) is 0 Å². The number of carbonyl (C=O) groups excluding carboxylic acids is 2. The molecular weight excluding hydrogens is 297 g/mol. The lowest BCUT2D eigenvalue weighted by atomic mass is 9.92. The minimum atomic E-state index is -6.00. The number of Topliss-reactive ketones (excluding diaryl/α,β-unsaturated/α-hetero) is 1. The molecule has 0 aromatic rings. The van der Waals surface area contributed by atoms with Crippen molar-refractivity contribution in [1.82, 2.24) is 5.32 Å². The molecule has 0 spiro atoms. The molecule has 1 amide bonds. The van der Waals surface area contributed by atoms with Gasteiger partial charge in [0.1, 0.15) is 0 Å². The maximum atomic E-state index is 12.8. The first-order valence-electron chi connectivity index (χ1n) is 5.43. The van der Waals surface area contributed by atoms with E-state index in [0.29, 0.717) is 12.8 Å². The Morgan fingerprint density at radius 1 is 1.11 bits per heavy atom. The maximum absolute atomic E-state index is 12.8. The quantitative estimate of drug-likeness (QED) is 0.640. The lowest BCUT2D eigenvalue weighted by Crippen LogP contribution is -2.60. The van der Waals surface area contributed by atoms with Gasteiger partial charge < -0.3 is 5.32 Å². The summed E-state index contributed by atoms with van der Waals surface area (Å²) >= 11 is 5.30. The third-order valence-electron chi connectivity index (χ3n) is 3.11. The molecule has 3 nitrogen and oxygen atoms in total. The van der Waals surface area contributed by atoms with Crippen LogP contribution < -0.4 is 5.32 Å². The second kappa shape index (κ2) is 5.22. The van der Waals surface area contributed by atoms with Crippen LogP contribution in [0.5, 0.6) is 0 Å². The summed E-state index contributed by atoms with van der Waals surface area (Å²) in [6.45, 7) is 0. The van der Waals surface area contributed by atoms with Crippen molar-refractivity contribution in [2.75, 3.05) is 5.88 Å². The number of ketones is 1. The summed E-state index contributed by atoms with van der Waals surface area (Å²) in [4.78, 5) is 22.7. The second-order valence-electron chi connectivity index (χ2n) is 4.37. The molecule has 19 heavy (non-hydrogen) atoms. The molecule has 1 fully saturated rings. The Balaban J connectivity index is 2.93. The molecular formula is C10H11ClF5NO2. The number of hydrogen-bond donors (Lipinski definition) is 1. The Kier molecular flexibility index (Phi) is 4.44. The molecule has 0 bridgehead atoms. The van der Waals surface area contributed by atoms with E-state index in [1.807, 2.05) is 0 Å². The molecule has 0 saturated heterocycles. The Morgan fingerprint density at radius 2 is 1.58 bits per heavy atom. The van der Waals surface area contributed by atoms with Crippen molar-refractivity contribution in [2.24, 2.45) is 0 Å². The van der Waals surface area contributed by atoms with Crippen LogP contribution in [0.2, 0.25) is 0 Å². The Hall–Kier alpha value is -0.920. The zero-order valence-electron chi connectivity index (χ0n) is 9.62. The highest BCUT2D eigenvalue weighted by molar-refractivity contribution is 6.29. The van der Waals surface area contributed by atoms with E-state index in [1.165, 1.54) is 0 Å². The summed E-state index contributed by atoms with van der Waals surface area (Å²) in [6, 6.07) is 0. The highest BCUT2D eigenvalue weighted by Crippen LogP contribution is 2.38. The van der Waals surface area contributed by atoms with Crippen LogP contribution >= 0.6 is 11.6 Å². The monoisotopic (exact) mass is 307 g/mol. The SMILES string of the molecule is O=C(CCl)C1(NC(=O)C(F)(F)C(F)(F)F)CCCC1. The average molecular weight is 308 g/mol. The second-order valence-corrected chi connectivity index (χ2v) is 4.64. The summed E-state index contributed by atoms with van der Waals surface area (Å²) in [5, 5.41) is 1.55. The fourth-order valence-electron chi connectivity index (χ4n) is 2.00. The fraction of sp³-hybridized carbons (Fsp3) is 0.800. The van der Waals surface area contributed by atoms with E-state index in [0.717, 1.165) is 0 Å². The number of nitrogens with one attached hydrogen (secondary N) is 1. The fourth-order valence-corrected chi connectivity index (χ4v) is 2.26. The molecule has 1 aliphatic rings. The molecule has 1 aliphatic carbocycles. The summed E-state index contributed by atoms with van der Waals surface area (Å²) in [6.07, 6.45) is -5.08. The Bertz CT molecular complexity index is 377. The number of halogens is 6. The first-order chi connectivity index (χ1) is 8.57. The molecule has 1 N–H and O–H groups in total. The number of hydrogen-bond acceptors (Lipinski definition) is 2. The van der Waals surface area contributed by atoms with Gasteiger partial charge >= 0.3 is 18.0 Å². The van der Waals surface area contributed by atoms with E-state index in [1.54, 1.807) is 5.32 Å². The van der Waals surface area contributed by atoms with Crippen molar-refractivity contribution in [3.63, 3.8) is 0 Å². The highest BCUT2D eigenvalue weighted by Gasteiger charge is 2.64. The van der Waals surface area contributed by atoms with Gasteiger partial charge in [-0.05, 0) is 12.8 Å². The Labute approximate surface area is 110 Å². The van der Waals surface area contributed by atoms with Crippen molar-refractivity contribution >= 4 is 23.3 Å². The molecule has 110 valence electrons. The zero-order valence-corrected chi connectivity index (χ0v) is 10.4. The summed E-state index contributed by atoms with van der Waals surface area (Å²) in [5.74, 6) is -9.36. The van der Waals surface area contributed by atoms with Crippen LogP contribution in [0.3, 0.4) is 0 Å². The van der Waals surface area contributed by atoms with Gasteiger partial charge in [-0.3, -0.25) is 9.59 Å². The number of rotatable bonds is 4. The predicted octanol–water partition coefficient (Wildman–Crippen LogP) is 2.42. The first kappa shape index (κ1) is 16.1. The van der Waals surface area contributed by atoms with E-state index in [-0.39, 0.29) is 12.8 Å². The molecule has 0 unspecified atom stereocenters. The standard InChI is InChI=1S/C10H11ClF5NO2/c11-5-6(18)8(3-1-2-4-8)17-7(19)9(12,13)10(14,15)16/h1-5H2,(H,17,19). The van der Waals surface area contributed by atoms with E-state index >= 15 is 0 Å². The van der Waals surface area contributed by atoms with E-state index < -0.39 is 35.2 Å². The van der Waals surface area contributed by atoms with Gasteiger partial charge in [-0.1, -0.05) is 12.8 Å². The molecule has 0 aromatic heterocycles. The van der Waals surface area contributed by atoms with Crippen LogP contribution in [0.1, 0.15) is 25.7 Å². The topological polar surface area (TPSA) is 46.2 Å². The van der Waals surface area contributed by atoms with Gasteiger partial charge in [0.2, 0.25) is 0 Å². The summed E-state index contributed by atoms with van der Waals surface area (Å²) in [5.41, 5.74) is -1.70. The van der Waals surface area contributed by atoms with Crippen molar-refractivity contribution in [2.45, 2.75) is 43.3 Å². The van der Waals surface area contributed by atoms with E-state index in [9.17, 15) is 31.5 Å². The smallest absolute Gasteiger partial charge is 0.338 e. The van der Waals surface area contributed by atoms with Gasteiger partial charge in [-0.2, -0.15) is 22.0 Å². The van der Waals surface area contributed by atoms with Crippen molar-refractivity contribution in [3.05, 3.63) is 0 Å². The van der Waals surface area contributed by atoms with Crippen LogP contribution in [0.25, 0.3) is 0 Å². The van der Waals surface area contributed by atoms with Crippen LogP contribution in [0.15, 0.2) is 0 Å². The van der Waals surface area contributed by atoms with Crippen LogP contribution in [0, 0.1) is 0 Å². The third-order valence-corrected chi connectivity index (χ3v) is 3.35. The minimum Gasteiger partial charge on any atom is -0.338 e. The predicted molar refractivity (Wildman–Crippen MR) is 56.1 cm³/mol. The number of amides is 1. The zero-order chi connectivity index (χ0) is 14.9. The summed E-state index contributed by atoms with van der Waals surface area (Å²) < 4.78 is 61.8. The number of alkyl halides is 6. The molecule has 0 aliphatic heterocycles. The van der Waals surface area contributed by atoms with Gasteiger partial charge in [0.25, 0.3) is 0 Å². The molecule has 0 aromatic carbocycles. The van der Waals surface area contributed by atoms with Crippen LogP contribution in [-0.4, -0.2) is 35.2 Å². The van der Waals surface area contributed by atoms with Crippen molar-refractivity contribution in [1.29, 1.82) is 0 Å². The highest BCUT2D eigenvalue weighted by atomic mass is 35.5. The lowest BCUT2D eigenvalue weighted by Gasteiger charge is -2.30. The van der Waals surface area contributed by atoms with E-state index in [4.69, 9.17) is 11.6 Å². The largest absolute Gasteiger partial charge is 0.463 e. The van der Waals surface area contributed by atoms with Crippen molar-refractivity contribution < 1.29 is 31.5 Å². The molecule has 0 heterocycles. The van der Waals surface area contributed by atoms with Gasteiger partial charge in [0.05, 0.1) is 11.4 Å². The van der Waals surface area contributed by atoms with Crippen LogP contribution in [0.4, 0.5) is 22.0 Å². The molecule has 0 radical (unpaired) electrons. The lowest BCUT2D eigenvalue weighted by molar-refractivity contribution is -0.270. The third kappa shape index (κ3) is 2.98. The van der Waals surface area contributed by atoms with Crippen molar-refractivity contribution in [3.8, 4) is 0 Å². The minimum absolute atomic E-state index is 0.0121. The normalized spacial score (nSPS) is 19.3. The van der Waals surface area contributed by atoms with Gasteiger partial charge in [0, 0.05) is 0 Å². The molecule has 9 heteroatoms. The van der Waals surface area contributed by atoms with E-state index in [2.05, 4.69) is 0 Å². The van der Waals surface area contributed by atoms with Gasteiger partial charge in [-0.15, -0.1) is 11.6 Å². The first-order valence-corrected chi connectivity index (χ1v) is 5.97. The van der Waals surface area contributed by atoms with Gasteiger partial charge in [0.15, 0.2) is 5.78 Å².